The summed E-state index contributed by atoms with van der Waals surface area (Å²) in [5.41, 5.74) is 1.34. The van der Waals surface area contributed by atoms with Crippen LogP contribution in [0.25, 0.3) is 0 Å². The highest BCUT2D eigenvalue weighted by Crippen LogP contribution is 2.27. The van der Waals surface area contributed by atoms with E-state index in [1.165, 1.54) is 28.4 Å². The van der Waals surface area contributed by atoms with Crippen LogP contribution in [0.5, 0.6) is 0 Å². The van der Waals surface area contributed by atoms with E-state index in [0.29, 0.717) is 6.04 Å². The molecule has 0 bridgehead atoms. The lowest BCUT2D eigenvalue weighted by atomic mass is 10.0. The number of halogens is 2. The van der Waals surface area contributed by atoms with E-state index in [1.54, 1.807) is 0 Å². The van der Waals surface area contributed by atoms with E-state index in [0.717, 1.165) is 11.6 Å². The minimum Gasteiger partial charge on any atom is -0.310 e. The average molecular weight is 352 g/mol. The fraction of sp³-hybridized carbons (Fsp3) is 0.538. The molecule has 1 aromatic carbocycles. The van der Waals surface area contributed by atoms with Gasteiger partial charge in [0.25, 0.3) is 0 Å². The fourth-order valence-corrected chi connectivity index (χ4v) is 2.70. The second-order valence-corrected chi connectivity index (χ2v) is 5.52. The van der Waals surface area contributed by atoms with Gasteiger partial charge in [0.05, 0.1) is 0 Å². The Morgan fingerprint density at radius 3 is 2.75 bits per heavy atom. The number of hydrogen-bond acceptors (Lipinski definition) is 1. The quantitative estimate of drug-likeness (QED) is 0.727. The molecule has 0 fully saturated rings. The summed E-state index contributed by atoms with van der Waals surface area (Å²) in [5.74, 6) is 0. The number of rotatable bonds is 6. The zero-order chi connectivity index (χ0) is 12.0. The molecule has 0 radical (unpaired) electrons. The minimum absolute atomic E-state index is 0.440. The molecule has 1 rings (SSSR count). The molecule has 0 amide bonds. The molecular formula is C13H19ClIN. The SMILES string of the molecule is CCCCC(NCC)c1cc(Cl)ccc1I. The van der Waals surface area contributed by atoms with E-state index in [9.17, 15) is 0 Å². The Morgan fingerprint density at radius 1 is 1.38 bits per heavy atom. The molecule has 1 N–H and O–H groups in total. The molecular weight excluding hydrogens is 333 g/mol. The van der Waals surface area contributed by atoms with Gasteiger partial charge in [0.1, 0.15) is 0 Å². The maximum atomic E-state index is 6.06. The van der Waals surface area contributed by atoms with Crippen LogP contribution in [-0.2, 0) is 0 Å². The zero-order valence-corrected chi connectivity index (χ0v) is 12.8. The first-order valence-electron chi connectivity index (χ1n) is 5.87. The van der Waals surface area contributed by atoms with Crippen LogP contribution in [0.1, 0.15) is 44.7 Å². The van der Waals surface area contributed by atoms with Crippen molar-refractivity contribution in [2.45, 2.75) is 39.2 Å². The van der Waals surface area contributed by atoms with Gasteiger partial charge in [-0.05, 0) is 59.3 Å². The van der Waals surface area contributed by atoms with E-state index in [-0.39, 0.29) is 0 Å². The maximum absolute atomic E-state index is 6.06. The van der Waals surface area contributed by atoms with Gasteiger partial charge in [-0.1, -0.05) is 38.3 Å². The van der Waals surface area contributed by atoms with E-state index >= 15 is 0 Å². The largest absolute Gasteiger partial charge is 0.310 e. The van der Waals surface area contributed by atoms with Crippen LogP contribution in [0.4, 0.5) is 0 Å². The van der Waals surface area contributed by atoms with Crippen LogP contribution in [-0.4, -0.2) is 6.54 Å². The predicted octanol–water partition coefficient (Wildman–Crippen LogP) is 4.79. The van der Waals surface area contributed by atoms with Gasteiger partial charge in [-0.2, -0.15) is 0 Å². The summed E-state index contributed by atoms with van der Waals surface area (Å²) in [5, 5.41) is 4.37. The number of benzene rings is 1. The van der Waals surface area contributed by atoms with Crippen molar-refractivity contribution in [1.29, 1.82) is 0 Å². The highest BCUT2D eigenvalue weighted by molar-refractivity contribution is 14.1. The minimum atomic E-state index is 0.440. The first kappa shape index (κ1) is 14.3. The highest BCUT2D eigenvalue weighted by atomic mass is 127. The second kappa shape index (κ2) is 7.51. The topological polar surface area (TPSA) is 12.0 Å². The fourth-order valence-electron chi connectivity index (χ4n) is 1.80. The molecule has 1 nitrogen and oxygen atoms in total. The second-order valence-electron chi connectivity index (χ2n) is 3.92. The molecule has 0 saturated heterocycles. The number of nitrogens with one attached hydrogen (secondary N) is 1. The van der Waals surface area contributed by atoms with Gasteiger partial charge >= 0.3 is 0 Å². The van der Waals surface area contributed by atoms with Gasteiger partial charge in [-0.25, -0.2) is 0 Å². The lowest BCUT2D eigenvalue weighted by molar-refractivity contribution is 0.493. The monoisotopic (exact) mass is 351 g/mol. The summed E-state index contributed by atoms with van der Waals surface area (Å²) in [6.07, 6.45) is 3.67. The van der Waals surface area contributed by atoms with Crippen LogP contribution >= 0.6 is 34.2 Å². The molecule has 1 atom stereocenters. The van der Waals surface area contributed by atoms with Crippen molar-refractivity contribution >= 4 is 34.2 Å². The first-order valence-corrected chi connectivity index (χ1v) is 7.33. The van der Waals surface area contributed by atoms with Crippen molar-refractivity contribution in [3.8, 4) is 0 Å². The predicted molar refractivity (Wildman–Crippen MR) is 80.1 cm³/mol. The molecule has 0 aliphatic rings. The van der Waals surface area contributed by atoms with E-state index in [4.69, 9.17) is 11.6 Å². The maximum Gasteiger partial charge on any atom is 0.0410 e. The molecule has 0 spiro atoms. The van der Waals surface area contributed by atoms with Crippen molar-refractivity contribution in [2.24, 2.45) is 0 Å². The van der Waals surface area contributed by atoms with Gasteiger partial charge in [0, 0.05) is 14.6 Å². The summed E-state index contributed by atoms with van der Waals surface area (Å²) in [7, 11) is 0. The molecule has 0 saturated carbocycles. The highest BCUT2D eigenvalue weighted by Gasteiger charge is 2.13. The first-order chi connectivity index (χ1) is 7.69. The van der Waals surface area contributed by atoms with Crippen molar-refractivity contribution in [1.82, 2.24) is 5.32 Å². The van der Waals surface area contributed by atoms with Crippen LogP contribution in [0.2, 0.25) is 5.02 Å². The van der Waals surface area contributed by atoms with E-state index < -0.39 is 0 Å². The summed E-state index contributed by atoms with van der Waals surface area (Å²) < 4.78 is 1.30. The van der Waals surface area contributed by atoms with Crippen LogP contribution in [0.3, 0.4) is 0 Å². The summed E-state index contributed by atoms with van der Waals surface area (Å²) in [6, 6.07) is 6.58. The van der Waals surface area contributed by atoms with Gasteiger partial charge in [-0.3, -0.25) is 0 Å². The molecule has 0 aromatic heterocycles. The molecule has 0 aliphatic heterocycles. The molecule has 16 heavy (non-hydrogen) atoms. The number of unbranched alkanes of at least 4 members (excludes halogenated alkanes) is 1. The van der Waals surface area contributed by atoms with Crippen LogP contribution in [0.15, 0.2) is 18.2 Å². The molecule has 3 heteroatoms. The van der Waals surface area contributed by atoms with Crippen molar-refractivity contribution in [3.63, 3.8) is 0 Å². The van der Waals surface area contributed by atoms with Gasteiger partial charge in [0.2, 0.25) is 0 Å². The molecule has 0 heterocycles. The van der Waals surface area contributed by atoms with Gasteiger partial charge < -0.3 is 5.32 Å². The van der Waals surface area contributed by atoms with E-state index in [2.05, 4.69) is 53.9 Å². The Kier molecular flexibility index (Phi) is 6.70. The molecule has 90 valence electrons. The molecule has 0 aliphatic carbocycles. The summed E-state index contributed by atoms with van der Waals surface area (Å²) in [4.78, 5) is 0. The Morgan fingerprint density at radius 2 is 2.12 bits per heavy atom. The van der Waals surface area contributed by atoms with Crippen molar-refractivity contribution in [3.05, 3.63) is 32.4 Å². The number of hydrogen-bond donors (Lipinski definition) is 1. The summed E-state index contributed by atoms with van der Waals surface area (Å²) in [6.45, 7) is 5.37. The Hall–Kier alpha value is 0.200. The van der Waals surface area contributed by atoms with Gasteiger partial charge in [0.15, 0.2) is 0 Å². The smallest absolute Gasteiger partial charge is 0.0410 e. The van der Waals surface area contributed by atoms with Crippen molar-refractivity contribution < 1.29 is 0 Å². The van der Waals surface area contributed by atoms with Crippen molar-refractivity contribution in [2.75, 3.05) is 6.54 Å². The van der Waals surface area contributed by atoms with Crippen LogP contribution in [0, 0.1) is 3.57 Å². The molecule has 1 aromatic rings. The normalized spacial score (nSPS) is 12.8. The van der Waals surface area contributed by atoms with E-state index in [1.807, 2.05) is 6.07 Å². The lowest BCUT2D eigenvalue weighted by Crippen LogP contribution is -2.21. The average Bonchev–Trinajstić information content (AvgIpc) is 2.28. The third kappa shape index (κ3) is 4.22. The standard InChI is InChI=1S/C13H19ClIN/c1-3-5-6-13(16-4-2)11-9-10(14)7-8-12(11)15/h7-9,13,16H,3-6H2,1-2H3. The Bertz CT molecular complexity index is 328. The van der Waals surface area contributed by atoms with Gasteiger partial charge in [-0.15, -0.1) is 0 Å². The zero-order valence-electron chi connectivity index (χ0n) is 9.89. The third-order valence-electron chi connectivity index (χ3n) is 2.63. The third-order valence-corrected chi connectivity index (χ3v) is 3.85. The Balaban J connectivity index is 2.85. The Labute approximate surface area is 117 Å². The molecule has 1 unspecified atom stereocenters. The summed E-state index contributed by atoms with van der Waals surface area (Å²) >= 11 is 8.45. The lowest BCUT2D eigenvalue weighted by Gasteiger charge is -2.19. The van der Waals surface area contributed by atoms with Crippen LogP contribution < -0.4 is 5.32 Å².